The molecule has 0 bridgehead atoms. The van der Waals surface area contributed by atoms with Crippen molar-refractivity contribution in [2.24, 2.45) is 29.6 Å². The second kappa shape index (κ2) is 4.89. The molecule has 0 aromatic heterocycles. The smallest absolute Gasteiger partial charge is 0.0188 e. The maximum absolute atomic E-state index is 2.50. The van der Waals surface area contributed by atoms with E-state index >= 15 is 0 Å². The van der Waals surface area contributed by atoms with Gasteiger partial charge in [0, 0.05) is 5.25 Å². The van der Waals surface area contributed by atoms with Crippen LogP contribution in [0.25, 0.3) is 0 Å². The predicted octanol–water partition coefficient (Wildman–Crippen LogP) is 5.49. The first-order chi connectivity index (χ1) is 8.61. The van der Waals surface area contributed by atoms with Gasteiger partial charge in [-0.3, -0.25) is 0 Å². The van der Waals surface area contributed by atoms with E-state index in [0.717, 1.165) is 34.8 Å². The van der Waals surface area contributed by atoms with Gasteiger partial charge in [0.2, 0.25) is 0 Å². The monoisotopic (exact) mass is 264 g/mol. The zero-order valence-corrected chi connectivity index (χ0v) is 13.2. The van der Waals surface area contributed by atoms with Gasteiger partial charge in [-0.15, -0.1) is 11.8 Å². The molecular weight excluding hydrogens is 236 g/mol. The van der Waals surface area contributed by atoms with Crippen molar-refractivity contribution in [3.63, 3.8) is 0 Å². The standard InChI is InChI=1S/C17H28S/c1-10-11(2)15-13(4)16(18-17(15)12(10)3)14-8-6-5-7-9-14/h10-12,14-15,17H,5-9H2,1-4H3. The number of rotatable bonds is 1. The molecule has 0 N–H and O–H groups in total. The summed E-state index contributed by atoms with van der Waals surface area (Å²) in [4.78, 5) is 1.83. The van der Waals surface area contributed by atoms with Gasteiger partial charge >= 0.3 is 0 Å². The largest absolute Gasteiger partial charge is 0.126 e. The van der Waals surface area contributed by atoms with Gasteiger partial charge in [-0.25, -0.2) is 0 Å². The SMILES string of the molecule is CC1=C(C2CCCCC2)SC2C(C)C(C)C(C)C12. The first kappa shape index (κ1) is 13.1. The van der Waals surface area contributed by atoms with Crippen molar-refractivity contribution in [1.29, 1.82) is 0 Å². The van der Waals surface area contributed by atoms with Gasteiger partial charge in [0.1, 0.15) is 0 Å². The first-order valence-electron chi connectivity index (χ1n) is 7.98. The second-order valence-corrected chi connectivity index (χ2v) is 8.29. The van der Waals surface area contributed by atoms with Crippen molar-refractivity contribution in [2.75, 3.05) is 0 Å². The van der Waals surface area contributed by atoms with Crippen LogP contribution in [0, 0.1) is 29.6 Å². The summed E-state index contributed by atoms with van der Waals surface area (Å²) in [6.45, 7) is 9.93. The van der Waals surface area contributed by atoms with Gasteiger partial charge in [-0.1, -0.05) is 45.6 Å². The Morgan fingerprint density at radius 2 is 1.56 bits per heavy atom. The lowest BCUT2D eigenvalue weighted by Crippen LogP contribution is -2.14. The fraction of sp³-hybridized carbons (Fsp3) is 0.882. The van der Waals surface area contributed by atoms with Crippen LogP contribution >= 0.6 is 11.8 Å². The maximum Gasteiger partial charge on any atom is 0.0188 e. The van der Waals surface area contributed by atoms with E-state index in [0.29, 0.717) is 0 Å². The number of hydrogen-bond donors (Lipinski definition) is 0. The van der Waals surface area contributed by atoms with Crippen molar-refractivity contribution >= 4 is 11.8 Å². The summed E-state index contributed by atoms with van der Waals surface area (Å²) in [5.41, 5.74) is 1.79. The van der Waals surface area contributed by atoms with Gasteiger partial charge in [-0.05, 0) is 54.3 Å². The van der Waals surface area contributed by atoms with Gasteiger partial charge in [0.15, 0.2) is 0 Å². The summed E-state index contributed by atoms with van der Waals surface area (Å²) < 4.78 is 0. The van der Waals surface area contributed by atoms with Crippen LogP contribution in [0.2, 0.25) is 0 Å². The van der Waals surface area contributed by atoms with Crippen LogP contribution in [-0.2, 0) is 0 Å². The molecule has 0 saturated heterocycles. The highest BCUT2D eigenvalue weighted by Crippen LogP contribution is 2.59. The van der Waals surface area contributed by atoms with Crippen LogP contribution in [0.15, 0.2) is 10.5 Å². The molecule has 0 amide bonds. The van der Waals surface area contributed by atoms with E-state index in [1.807, 2.05) is 4.91 Å². The Bertz CT molecular complexity index is 351. The number of fused-ring (bicyclic) bond motifs is 1. The van der Waals surface area contributed by atoms with Crippen LogP contribution in [0.5, 0.6) is 0 Å². The van der Waals surface area contributed by atoms with Crippen molar-refractivity contribution < 1.29 is 0 Å². The van der Waals surface area contributed by atoms with E-state index in [9.17, 15) is 0 Å². The van der Waals surface area contributed by atoms with E-state index in [1.165, 1.54) is 32.1 Å². The quantitative estimate of drug-likeness (QED) is 0.603. The number of allylic oxidation sites excluding steroid dienone is 2. The summed E-state index contributed by atoms with van der Waals surface area (Å²) in [7, 11) is 0. The van der Waals surface area contributed by atoms with E-state index in [-0.39, 0.29) is 0 Å². The zero-order valence-electron chi connectivity index (χ0n) is 12.4. The van der Waals surface area contributed by atoms with Crippen molar-refractivity contribution in [3.8, 4) is 0 Å². The van der Waals surface area contributed by atoms with Crippen LogP contribution in [0.3, 0.4) is 0 Å². The molecule has 0 spiro atoms. The third kappa shape index (κ3) is 1.88. The molecule has 0 radical (unpaired) electrons. The Morgan fingerprint density at radius 3 is 2.17 bits per heavy atom. The average molecular weight is 264 g/mol. The fourth-order valence-corrected chi connectivity index (χ4v) is 6.84. The van der Waals surface area contributed by atoms with Crippen LogP contribution in [-0.4, -0.2) is 5.25 Å². The normalized spacial score (nSPS) is 45.7. The fourth-order valence-electron chi connectivity index (χ4n) is 4.74. The third-order valence-corrected chi connectivity index (χ3v) is 8.13. The molecule has 0 nitrogen and oxygen atoms in total. The molecule has 3 aliphatic rings. The first-order valence-corrected chi connectivity index (χ1v) is 8.86. The molecule has 1 aliphatic heterocycles. The third-order valence-electron chi connectivity index (χ3n) is 6.22. The minimum atomic E-state index is 0.900. The van der Waals surface area contributed by atoms with E-state index < -0.39 is 0 Å². The summed E-state index contributed by atoms with van der Waals surface area (Å²) in [6, 6.07) is 0. The molecule has 18 heavy (non-hydrogen) atoms. The molecule has 5 unspecified atom stereocenters. The topological polar surface area (TPSA) is 0 Å². The Hall–Kier alpha value is 0.0900. The highest BCUT2D eigenvalue weighted by Gasteiger charge is 2.50. The highest BCUT2D eigenvalue weighted by atomic mass is 32.2. The summed E-state index contributed by atoms with van der Waals surface area (Å²) >= 11 is 2.29. The van der Waals surface area contributed by atoms with Crippen molar-refractivity contribution in [1.82, 2.24) is 0 Å². The molecular formula is C17H28S. The molecule has 1 heterocycles. The van der Waals surface area contributed by atoms with Crippen LogP contribution in [0.4, 0.5) is 0 Å². The molecule has 102 valence electrons. The Balaban J connectivity index is 1.83. The summed E-state index contributed by atoms with van der Waals surface area (Å²) in [6.07, 6.45) is 7.36. The zero-order chi connectivity index (χ0) is 12.9. The second-order valence-electron chi connectivity index (χ2n) is 7.07. The lowest BCUT2D eigenvalue weighted by molar-refractivity contribution is 0.354. The molecule has 2 saturated carbocycles. The average Bonchev–Trinajstić information content (AvgIpc) is 2.84. The summed E-state index contributed by atoms with van der Waals surface area (Å²) in [5.74, 6) is 4.56. The maximum atomic E-state index is 2.50. The Labute approximate surface area is 117 Å². The van der Waals surface area contributed by atoms with E-state index in [1.54, 1.807) is 5.57 Å². The predicted molar refractivity (Wildman–Crippen MR) is 81.6 cm³/mol. The highest BCUT2D eigenvalue weighted by molar-refractivity contribution is 8.04. The number of thioether (sulfide) groups is 1. The van der Waals surface area contributed by atoms with Gasteiger partial charge < -0.3 is 0 Å². The lowest BCUT2D eigenvalue weighted by atomic mass is 9.82. The molecule has 2 fully saturated rings. The molecule has 0 aromatic rings. The number of hydrogen-bond acceptors (Lipinski definition) is 1. The molecule has 5 atom stereocenters. The van der Waals surface area contributed by atoms with Crippen LogP contribution < -0.4 is 0 Å². The minimum Gasteiger partial charge on any atom is -0.126 e. The Morgan fingerprint density at radius 1 is 0.889 bits per heavy atom. The minimum absolute atomic E-state index is 0.900. The Kier molecular flexibility index (Phi) is 3.55. The van der Waals surface area contributed by atoms with E-state index in [2.05, 4.69) is 39.5 Å². The van der Waals surface area contributed by atoms with Crippen molar-refractivity contribution in [2.45, 2.75) is 65.0 Å². The van der Waals surface area contributed by atoms with Gasteiger partial charge in [-0.2, -0.15) is 0 Å². The lowest BCUT2D eigenvalue weighted by Gasteiger charge is -2.26. The van der Waals surface area contributed by atoms with Gasteiger partial charge in [0.05, 0.1) is 0 Å². The van der Waals surface area contributed by atoms with Gasteiger partial charge in [0.25, 0.3) is 0 Å². The molecule has 2 aliphatic carbocycles. The molecule has 1 heteroatoms. The molecule has 3 rings (SSSR count). The van der Waals surface area contributed by atoms with Crippen LogP contribution in [0.1, 0.15) is 59.8 Å². The van der Waals surface area contributed by atoms with Crippen molar-refractivity contribution in [3.05, 3.63) is 10.5 Å². The molecule has 0 aromatic carbocycles. The van der Waals surface area contributed by atoms with E-state index in [4.69, 9.17) is 0 Å². The summed E-state index contributed by atoms with van der Waals surface area (Å²) in [5, 5.41) is 0.909.